The molecule has 82 valence electrons. The summed E-state index contributed by atoms with van der Waals surface area (Å²) in [5, 5.41) is 3.20. The molecule has 0 radical (unpaired) electrons. The van der Waals surface area contributed by atoms with Gasteiger partial charge in [-0.2, -0.15) is 0 Å². The molecule has 0 aliphatic heterocycles. The molecule has 1 amide bonds. The molecule has 0 aliphatic rings. The van der Waals surface area contributed by atoms with Crippen molar-refractivity contribution in [1.29, 1.82) is 0 Å². The van der Waals surface area contributed by atoms with Gasteiger partial charge in [0.15, 0.2) is 5.16 Å². The largest absolute Gasteiger partial charge is 0.354 e. The van der Waals surface area contributed by atoms with Crippen LogP contribution in [0.5, 0.6) is 0 Å². The maximum Gasteiger partial charge on any atom is 0.269 e. The van der Waals surface area contributed by atoms with Gasteiger partial charge in [-0.3, -0.25) is 4.79 Å². The first kappa shape index (κ1) is 12.0. The number of thioether (sulfide) groups is 1. The summed E-state index contributed by atoms with van der Waals surface area (Å²) in [4.78, 5) is 19.9. The monoisotopic (exact) mass is 225 g/mol. The van der Waals surface area contributed by atoms with Gasteiger partial charge in [0.2, 0.25) is 0 Å². The molecule has 0 fully saturated rings. The van der Waals surface area contributed by atoms with Crippen molar-refractivity contribution in [2.24, 2.45) is 0 Å². The van der Waals surface area contributed by atoms with Crippen molar-refractivity contribution in [1.82, 2.24) is 15.3 Å². The van der Waals surface area contributed by atoms with Gasteiger partial charge >= 0.3 is 0 Å². The summed E-state index contributed by atoms with van der Waals surface area (Å²) in [6, 6.07) is 1.74. The summed E-state index contributed by atoms with van der Waals surface area (Å²) < 4.78 is 0. The maximum absolute atomic E-state index is 11.4. The quantitative estimate of drug-likeness (QED) is 0.628. The zero-order chi connectivity index (χ0) is 11.4. The van der Waals surface area contributed by atoms with Crippen molar-refractivity contribution in [3.05, 3.63) is 17.5 Å². The molecule has 0 spiro atoms. The third-order valence-corrected chi connectivity index (χ3v) is 2.51. The van der Waals surface area contributed by atoms with Crippen LogP contribution < -0.4 is 5.32 Å². The summed E-state index contributed by atoms with van der Waals surface area (Å²) in [7, 11) is 1.60. The van der Waals surface area contributed by atoms with Gasteiger partial charge in [-0.1, -0.05) is 25.6 Å². The van der Waals surface area contributed by atoms with E-state index in [-0.39, 0.29) is 5.91 Å². The van der Waals surface area contributed by atoms with Crippen LogP contribution in [0.15, 0.2) is 11.2 Å². The van der Waals surface area contributed by atoms with Gasteiger partial charge in [0.25, 0.3) is 5.91 Å². The van der Waals surface area contributed by atoms with Gasteiger partial charge in [-0.15, -0.1) is 0 Å². The Balaban J connectivity index is 3.17. The minimum absolute atomic E-state index is 0.172. The number of nitrogens with zero attached hydrogens (tertiary/aromatic N) is 2. The molecule has 0 atom stereocenters. The molecule has 0 aromatic carbocycles. The fourth-order valence-electron chi connectivity index (χ4n) is 1.07. The van der Waals surface area contributed by atoms with Crippen molar-refractivity contribution in [2.45, 2.75) is 24.9 Å². The molecule has 1 rings (SSSR count). The summed E-state index contributed by atoms with van der Waals surface area (Å²) >= 11 is 1.44. The Morgan fingerprint density at radius 1 is 1.47 bits per heavy atom. The van der Waals surface area contributed by atoms with Crippen molar-refractivity contribution >= 4 is 17.7 Å². The number of hydrogen-bond donors (Lipinski definition) is 1. The van der Waals surface area contributed by atoms with E-state index in [4.69, 9.17) is 0 Å². The van der Waals surface area contributed by atoms with Crippen molar-refractivity contribution < 1.29 is 4.79 Å². The van der Waals surface area contributed by atoms with E-state index in [2.05, 4.69) is 15.3 Å². The summed E-state index contributed by atoms with van der Waals surface area (Å²) in [5.41, 5.74) is 1.33. The molecule has 0 bridgehead atoms. The van der Waals surface area contributed by atoms with E-state index in [1.807, 2.05) is 20.1 Å². The molecule has 1 aromatic rings. The van der Waals surface area contributed by atoms with Crippen molar-refractivity contribution in [3.63, 3.8) is 0 Å². The van der Waals surface area contributed by atoms with Crippen LogP contribution in [0.2, 0.25) is 0 Å². The van der Waals surface area contributed by atoms with Crippen LogP contribution in [0, 0.1) is 0 Å². The predicted molar refractivity (Wildman–Crippen MR) is 61.3 cm³/mol. The highest BCUT2D eigenvalue weighted by Crippen LogP contribution is 2.16. The van der Waals surface area contributed by atoms with Crippen molar-refractivity contribution in [3.8, 4) is 0 Å². The third kappa shape index (κ3) is 2.92. The lowest BCUT2D eigenvalue weighted by Crippen LogP contribution is -2.20. The molecule has 0 aliphatic carbocycles. The maximum atomic E-state index is 11.4. The Morgan fingerprint density at radius 3 is 2.60 bits per heavy atom. The van der Waals surface area contributed by atoms with E-state index in [0.29, 0.717) is 16.8 Å². The summed E-state index contributed by atoms with van der Waals surface area (Å²) in [5.74, 6) is 0.122. The van der Waals surface area contributed by atoms with Crippen LogP contribution in [0.4, 0.5) is 0 Å². The number of carbonyl (C=O) groups is 1. The van der Waals surface area contributed by atoms with E-state index in [9.17, 15) is 4.79 Å². The second-order valence-electron chi connectivity index (χ2n) is 3.40. The smallest absolute Gasteiger partial charge is 0.269 e. The Morgan fingerprint density at radius 2 is 2.13 bits per heavy atom. The van der Waals surface area contributed by atoms with Crippen LogP contribution in [0.1, 0.15) is 35.9 Å². The average Bonchev–Trinajstić information content (AvgIpc) is 2.27. The number of amides is 1. The Labute approximate surface area is 93.9 Å². The first-order valence-corrected chi connectivity index (χ1v) is 5.96. The van der Waals surface area contributed by atoms with Crippen LogP contribution >= 0.6 is 11.8 Å². The SMILES string of the molecule is CNC(=O)c1cc(C(C)C)nc(SC)n1. The minimum Gasteiger partial charge on any atom is -0.354 e. The molecule has 15 heavy (non-hydrogen) atoms. The number of rotatable bonds is 3. The van der Waals surface area contributed by atoms with Crippen LogP contribution in [0.3, 0.4) is 0 Å². The highest BCUT2D eigenvalue weighted by molar-refractivity contribution is 7.98. The molecule has 0 unspecified atom stereocenters. The summed E-state index contributed by atoms with van der Waals surface area (Å²) in [6.45, 7) is 4.08. The Bertz CT molecular complexity index is 366. The van der Waals surface area contributed by atoms with Crippen molar-refractivity contribution in [2.75, 3.05) is 13.3 Å². The van der Waals surface area contributed by atoms with E-state index in [0.717, 1.165) is 5.69 Å². The zero-order valence-corrected chi connectivity index (χ0v) is 10.2. The number of hydrogen-bond acceptors (Lipinski definition) is 4. The number of carbonyl (C=O) groups excluding carboxylic acids is 1. The minimum atomic E-state index is -0.172. The van der Waals surface area contributed by atoms with E-state index < -0.39 is 0 Å². The van der Waals surface area contributed by atoms with Gasteiger partial charge < -0.3 is 5.32 Å². The van der Waals surface area contributed by atoms with Crippen LogP contribution in [-0.4, -0.2) is 29.2 Å². The fourth-order valence-corrected chi connectivity index (χ4v) is 1.46. The first-order valence-electron chi connectivity index (χ1n) is 4.73. The molecular weight excluding hydrogens is 210 g/mol. The van der Waals surface area contributed by atoms with Gasteiger partial charge in [-0.25, -0.2) is 9.97 Å². The van der Waals surface area contributed by atoms with Crippen LogP contribution in [-0.2, 0) is 0 Å². The van der Waals surface area contributed by atoms with E-state index >= 15 is 0 Å². The Kier molecular flexibility index (Phi) is 4.08. The predicted octanol–water partition coefficient (Wildman–Crippen LogP) is 1.68. The lowest BCUT2D eigenvalue weighted by atomic mass is 10.1. The number of aromatic nitrogens is 2. The molecule has 1 heterocycles. The van der Waals surface area contributed by atoms with E-state index in [1.165, 1.54) is 11.8 Å². The van der Waals surface area contributed by atoms with Gasteiger partial charge in [0.05, 0.1) is 0 Å². The molecule has 0 saturated carbocycles. The lowest BCUT2D eigenvalue weighted by Gasteiger charge is -2.08. The van der Waals surface area contributed by atoms with Gasteiger partial charge in [0, 0.05) is 12.7 Å². The fraction of sp³-hybridized carbons (Fsp3) is 0.500. The molecule has 1 N–H and O–H groups in total. The molecule has 5 heteroatoms. The first-order chi connectivity index (χ1) is 7.08. The third-order valence-electron chi connectivity index (χ3n) is 1.96. The molecule has 1 aromatic heterocycles. The average molecular weight is 225 g/mol. The second kappa shape index (κ2) is 5.11. The van der Waals surface area contributed by atoms with Gasteiger partial charge in [-0.05, 0) is 18.2 Å². The van der Waals surface area contributed by atoms with Crippen LogP contribution in [0.25, 0.3) is 0 Å². The standard InChI is InChI=1S/C10H15N3OS/c1-6(2)7-5-8(9(14)11-3)13-10(12-7)15-4/h5-6H,1-4H3,(H,11,14). The summed E-state index contributed by atoms with van der Waals surface area (Å²) in [6.07, 6.45) is 1.90. The normalized spacial score (nSPS) is 10.5. The lowest BCUT2D eigenvalue weighted by molar-refractivity contribution is 0.0957. The Hall–Kier alpha value is -1.10. The highest BCUT2D eigenvalue weighted by Gasteiger charge is 2.11. The molecule has 4 nitrogen and oxygen atoms in total. The zero-order valence-electron chi connectivity index (χ0n) is 9.37. The van der Waals surface area contributed by atoms with E-state index in [1.54, 1.807) is 13.1 Å². The topological polar surface area (TPSA) is 54.9 Å². The second-order valence-corrected chi connectivity index (χ2v) is 4.17. The van der Waals surface area contributed by atoms with Gasteiger partial charge in [0.1, 0.15) is 5.69 Å². The number of nitrogens with one attached hydrogen (secondary N) is 1. The molecular formula is C10H15N3OS. The molecule has 0 saturated heterocycles. The highest BCUT2D eigenvalue weighted by atomic mass is 32.2.